The Morgan fingerprint density at radius 2 is 2.16 bits per heavy atom. The summed E-state index contributed by atoms with van der Waals surface area (Å²) < 4.78 is 0. The number of rotatable bonds is 2. The van der Waals surface area contributed by atoms with Crippen molar-refractivity contribution in [2.75, 3.05) is 13.1 Å². The molecule has 0 aromatic heterocycles. The predicted molar refractivity (Wildman–Crippen MR) is 79.3 cm³/mol. The van der Waals surface area contributed by atoms with E-state index in [0.717, 1.165) is 6.54 Å². The van der Waals surface area contributed by atoms with E-state index < -0.39 is 0 Å². The summed E-state index contributed by atoms with van der Waals surface area (Å²) in [5.41, 5.74) is 4.21. The van der Waals surface area contributed by atoms with Crippen molar-refractivity contribution >= 4 is 0 Å². The summed E-state index contributed by atoms with van der Waals surface area (Å²) in [5.74, 6) is 0.624. The van der Waals surface area contributed by atoms with Gasteiger partial charge in [-0.05, 0) is 37.6 Å². The number of dihydropyridines is 1. The van der Waals surface area contributed by atoms with E-state index in [1.54, 1.807) is 0 Å². The molecule has 0 saturated carbocycles. The van der Waals surface area contributed by atoms with E-state index in [0.29, 0.717) is 12.0 Å². The highest BCUT2D eigenvalue weighted by molar-refractivity contribution is 5.55. The van der Waals surface area contributed by atoms with E-state index in [9.17, 15) is 0 Å². The second kappa shape index (κ2) is 4.89. The topological polar surface area (TPSA) is 27.3 Å². The molecule has 0 spiro atoms. The minimum atomic E-state index is 0.255. The highest BCUT2D eigenvalue weighted by Crippen LogP contribution is 2.31. The van der Waals surface area contributed by atoms with Gasteiger partial charge in [0.1, 0.15) is 6.17 Å². The second-order valence-electron chi connectivity index (χ2n) is 6.00. The van der Waals surface area contributed by atoms with Crippen LogP contribution in [0, 0.1) is 5.92 Å². The van der Waals surface area contributed by atoms with Crippen molar-refractivity contribution < 1.29 is 0 Å². The number of allylic oxidation sites excluding steroid dienone is 2. The summed E-state index contributed by atoms with van der Waals surface area (Å²) in [6, 6.07) is 0.607. The Morgan fingerprint density at radius 1 is 1.32 bits per heavy atom. The molecule has 0 fully saturated rings. The molecular weight excluding hydrogens is 234 g/mol. The molecule has 0 saturated heterocycles. The van der Waals surface area contributed by atoms with Gasteiger partial charge in [-0.2, -0.15) is 0 Å². The monoisotopic (exact) mass is 257 g/mol. The molecule has 3 nitrogen and oxygen atoms in total. The van der Waals surface area contributed by atoms with Gasteiger partial charge in [0.05, 0.1) is 0 Å². The van der Waals surface area contributed by atoms with Crippen LogP contribution in [-0.4, -0.2) is 30.2 Å². The van der Waals surface area contributed by atoms with Gasteiger partial charge in [-0.3, -0.25) is 4.90 Å². The quantitative estimate of drug-likeness (QED) is 0.793. The zero-order valence-corrected chi connectivity index (χ0v) is 12.0. The molecule has 102 valence electrons. The maximum Gasteiger partial charge on any atom is 0.123 e. The molecule has 2 atom stereocenters. The highest BCUT2D eigenvalue weighted by Gasteiger charge is 2.29. The molecule has 3 heteroatoms. The largest absolute Gasteiger partial charge is 0.368 e. The fourth-order valence-electron chi connectivity index (χ4n) is 3.07. The first-order valence-electron chi connectivity index (χ1n) is 7.19. The van der Waals surface area contributed by atoms with Gasteiger partial charge in [-0.1, -0.05) is 19.1 Å². The summed E-state index contributed by atoms with van der Waals surface area (Å²) in [7, 11) is 0. The van der Waals surface area contributed by atoms with Crippen LogP contribution in [0.3, 0.4) is 0 Å². The molecule has 0 aromatic carbocycles. The molecule has 0 radical (unpaired) electrons. The van der Waals surface area contributed by atoms with E-state index in [-0.39, 0.29) is 6.17 Å². The van der Waals surface area contributed by atoms with Crippen LogP contribution in [-0.2, 0) is 0 Å². The van der Waals surface area contributed by atoms with E-state index in [2.05, 4.69) is 60.7 Å². The molecule has 1 unspecified atom stereocenters. The first kappa shape index (κ1) is 12.5. The fourth-order valence-corrected chi connectivity index (χ4v) is 3.07. The van der Waals surface area contributed by atoms with Crippen LogP contribution in [0.5, 0.6) is 0 Å². The lowest BCUT2D eigenvalue weighted by atomic mass is 9.91. The van der Waals surface area contributed by atoms with Crippen molar-refractivity contribution in [3.63, 3.8) is 0 Å². The van der Waals surface area contributed by atoms with Crippen molar-refractivity contribution in [1.29, 1.82) is 0 Å². The van der Waals surface area contributed by atoms with Crippen LogP contribution in [0.1, 0.15) is 20.8 Å². The zero-order chi connectivity index (χ0) is 13.4. The summed E-state index contributed by atoms with van der Waals surface area (Å²) in [6.07, 6.45) is 11.2. The molecule has 0 aliphatic carbocycles. The number of hydrogen-bond acceptors (Lipinski definition) is 3. The lowest BCUT2D eigenvalue weighted by Crippen LogP contribution is -2.39. The highest BCUT2D eigenvalue weighted by atomic mass is 15.2. The minimum Gasteiger partial charge on any atom is -0.368 e. The number of fused-ring (bicyclic) bond motifs is 1. The molecular formula is C16H23N3. The van der Waals surface area contributed by atoms with Gasteiger partial charge in [0.15, 0.2) is 0 Å². The average Bonchev–Trinajstić information content (AvgIpc) is 2.81. The van der Waals surface area contributed by atoms with E-state index >= 15 is 0 Å². The molecule has 0 bridgehead atoms. The van der Waals surface area contributed by atoms with Crippen molar-refractivity contribution in [3.05, 3.63) is 47.3 Å². The molecule has 3 rings (SSSR count). The summed E-state index contributed by atoms with van der Waals surface area (Å²) in [4.78, 5) is 2.56. The minimum absolute atomic E-state index is 0.255. The SMILES string of the molecule is CC(C)N1CC(C2=CNC3NC=CC=C23)=C[C@H](C)C1. The summed E-state index contributed by atoms with van der Waals surface area (Å²) in [5, 5.41) is 6.76. The zero-order valence-electron chi connectivity index (χ0n) is 12.0. The van der Waals surface area contributed by atoms with Crippen LogP contribution < -0.4 is 10.6 Å². The smallest absolute Gasteiger partial charge is 0.123 e. The number of hydrogen-bond donors (Lipinski definition) is 2. The van der Waals surface area contributed by atoms with Gasteiger partial charge in [-0.15, -0.1) is 0 Å². The summed E-state index contributed by atoms with van der Waals surface area (Å²) in [6.45, 7) is 9.10. The van der Waals surface area contributed by atoms with Crippen LogP contribution in [0.15, 0.2) is 47.3 Å². The Morgan fingerprint density at radius 3 is 2.95 bits per heavy atom. The van der Waals surface area contributed by atoms with Crippen LogP contribution in [0.2, 0.25) is 0 Å². The standard InChI is InChI=1S/C16H23N3/c1-11(2)19-9-12(3)7-13(10-19)15-8-18-16-14(15)5-4-6-17-16/h4-8,11-12,16-18H,9-10H2,1-3H3/t12-,16?/m0/s1. The molecule has 3 aliphatic rings. The molecule has 0 aromatic rings. The Balaban J connectivity index is 1.86. The van der Waals surface area contributed by atoms with Crippen molar-refractivity contribution in [2.24, 2.45) is 5.92 Å². The average molecular weight is 257 g/mol. The van der Waals surface area contributed by atoms with E-state index in [1.807, 2.05) is 6.20 Å². The van der Waals surface area contributed by atoms with Crippen molar-refractivity contribution in [1.82, 2.24) is 15.5 Å². The normalized spacial score (nSPS) is 30.2. The first-order valence-corrected chi connectivity index (χ1v) is 7.19. The Bertz CT molecular complexity index is 482. The van der Waals surface area contributed by atoms with Gasteiger partial charge < -0.3 is 10.6 Å². The third-order valence-electron chi connectivity index (χ3n) is 4.11. The van der Waals surface area contributed by atoms with Crippen LogP contribution in [0.4, 0.5) is 0 Å². The first-order chi connectivity index (χ1) is 9.15. The number of nitrogens with one attached hydrogen (secondary N) is 2. The van der Waals surface area contributed by atoms with Gasteiger partial charge in [0, 0.05) is 36.5 Å². The van der Waals surface area contributed by atoms with Gasteiger partial charge in [0.2, 0.25) is 0 Å². The molecule has 0 amide bonds. The van der Waals surface area contributed by atoms with Crippen molar-refractivity contribution in [2.45, 2.75) is 33.0 Å². The molecule has 19 heavy (non-hydrogen) atoms. The fraction of sp³-hybridized carbons (Fsp3) is 0.500. The predicted octanol–water partition coefficient (Wildman–Crippen LogP) is 2.13. The third-order valence-corrected chi connectivity index (χ3v) is 4.11. The molecule has 2 N–H and O–H groups in total. The maximum absolute atomic E-state index is 3.41. The molecule has 3 aliphatic heterocycles. The third kappa shape index (κ3) is 2.35. The van der Waals surface area contributed by atoms with Gasteiger partial charge in [-0.25, -0.2) is 0 Å². The lowest BCUT2D eigenvalue weighted by molar-refractivity contribution is 0.211. The summed E-state index contributed by atoms with van der Waals surface area (Å²) >= 11 is 0. The Kier molecular flexibility index (Phi) is 3.23. The van der Waals surface area contributed by atoms with Crippen LogP contribution in [0.25, 0.3) is 0 Å². The van der Waals surface area contributed by atoms with Crippen LogP contribution >= 0.6 is 0 Å². The van der Waals surface area contributed by atoms with Crippen molar-refractivity contribution in [3.8, 4) is 0 Å². The Labute approximate surface area is 115 Å². The van der Waals surface area contributed by atoms with Gasteiger partial charge in [0.25, 0.3) is 0 Å². The molecule has 3 heterocycles. The second-order valence-corrected chi connectivity index (χ2v) is 6.00. The number of nitrogens with zero attached hydrogens (tertiary/aromatic N) is 1. The maximum atomic E-state index is 3.41. The van der Waals surface area contributed by atoms with Gasteiger partial charge >= 0.3 is 0 Å². The lowest BCUT2D eigenvalue weighted by Gasteiger charge is -2.34. The van der Waals surface area contributed by atoms with E-state index in [4.69, 9.17) is 0 Å². The Hall–Kier alpha value is -1.48. The van der Waals surface area contributed by atoms with E-state index in [1.165, 1.54) is 23.3 Å².